The van der Waals surface area contributed by atoms with Crippen molar-refractivity contribution in [2.75, 3.05) is 0 Å². The minimum atomic E-state index is -0.979. The van der Waals surface area contributed by atoms with E-state index in [4.69, 9.17) is 9.47 Å². The Kier molecular flexibility index (Phi) is 11.8. The summed E-state index contributed by atoms with van der Waals surface area (Å²) in [6.07, 6.45) is 17.9. The molecule has 5 nitrogen and oxygen atoms in total. The number of carbonyl (C=O) groups is 3. The molecule has 2 rings (SSSR count). The lowest BCUT2D eigenvalue weighted by Crippen LogP contribution is -2.43. The largest absolute Gasteiger partial charge is 0.458 e. The number of rotatable bonds is 14. The summed E-state index contributed by atoms with van der Waals surface area (Å²) in [5.41, 5.74) is 1.37. The second kappa shape index (κ2) is 14.3. The van der Waals surface area contributed by atoms with Crippen molar-refractivity contribution in [1.29, 1.82) is 0 Å². The summed E-state index contributed by atoms with van der Waals surface area (Å²) < 4.78 is 11.3. The van der Waals surface area contributed by atoms with Gasteiger partial charge in [-0.1, -0.05) is 69.1 Å². The maximum absolute atomic E-state index is 12.9. The van der Waals surface area contributed by atoms with Crippen LogP contribution < -0.4 is 0 Å². The van der Waals surface area contributed by atoms with Crippen LogP contribution in [0.3, 0.4) is 0 Å². The van der Waals surface area contributed by atoms with E-state index in [1.807, 2.05) is 13.0 Å². The zero-order valence-electron chi connectivity index (χ0n) is 21.7. The molecule has 0 bridgehead atoms. The molecule has 1 aliphatic carbocycles. The standard InChI is InChI=1S/C29H44O5/c1-5-6-7-8-9-10-11-12-16-27(31)33-24-17-18-25(30)29(20-24)21-28(32)34-26(29)19-23(4)15-13-14-22(2)3/h14,17-19,24,26H,5-13,15-16,20-21H2,1-4H3/b23-19+/t24-,26-,29?/m1/s1. The van der Waals surface area contributed by atoms with Gasteiger partial charge in [-0.2, -0.15) is 0 Å². The number of cyclic esters (lactones) is 1. The fraction of sp³-hybridized carbons (Fsp3) is 0.690. The Balaban J connectivity index is 1.88. The first-order valence-corrected chi connectivity index (χ1v) is 13.2. The Morgan fingerprint density at radius 3 is 2.41 bits per heavy atom. The van der Waals surface area contributed by atoms with E-state index < -0.39 is 17.6 Å². The highest BCUT2D eigenvalue weighted by Crippen LogP contribution is 2.45. The number of unbranched alkanes of at least 4 members (excludes halogenated alkanes) is 7. The molecule has 2 aliphatic rings. The molecule has 0 saturated carbocycles. The molecular weight excluding hydrogens is 428 g/mol. The molecule has 5 heteroatoms. The summed E-state index contributed by atoms with van der Waals surface area (Å²) in [7, 11) is 0. The van der Waals surface area contributed by atoms with Gasteiger partial charge in [-0.05, 0) is 58.3 Å². The van der Waals surface area contributed by atoms with Crippen LogP contribution in [0.5, 0.6) is 0 Å². The third kappa shape index (κ3) is 8.88. The highest BCUT2D eigenvalue weighted by molar-refractivity contribution is 6.00. The van der Waals surface area contributed by atoms with Gasteiger partial charge >= 0.3 is 11.9 Å². The molecule has 1 spiro atoms. The first kappa shape index (κ1) is 28.1. The quantitative estimate of drug-likeness (QED) is 0.155. The Labute approximate surface area is 206 Å². The van der Waals surface area contributed by atoms with E-state index in [-0.39, 0.29) is 24.1 Å². The van der Waals surface area contributed by atoms with Crippen LogP contribution in [0.15, 0.2) is 35.5 Å². The minimum absolute atomic E-state index is 0.0324. The predicted octanol–water partition coefficient (Wildman–Crippen LogP) is 6.95. The van der Waals surface area contributed by atoms with Crippen LogP contribution in [-0.2, 0) is 23.9 Å². The van der Waals surface area contributed by atoms with Crippen molar-refractivity contribution in [2.24, 2.45) is 5.41 Å². The molecule has 3 atom stereocenters. The fourth-order valence-corrected chi connectivity index (χ4v) is 4.79. The zero-order valence-corrected chi connectivity index (χ0v) is 21.7. The molecule has 1 fully saturated rings. The number of ether oxygens (including phenoxy) is 2. The Morgan fingerprint density at radius 2 is 1.74 bits per heavy atom. The van der Waals surface area contributed by atoms with E-state index in [0.29, 0.717) is 12.8 Å². The summed E-state index contributed by atoms with van der Waals surface area (Å²) in [6.45, 7) is 8.35. The van der Waals surface area contributed by atoms with Crippen molar-refractivity contribution in [3.63, 3.8) is 0 Å². The van der Waals surface area contributed by atoms with Gasteiger partial charge in [-0.25, -0.2) is 0 Å². The monoisotopic (exact) mass is 472 g/mol. The third-order valence-corrected chi connectivity index (χ3v) is 6.83. The van der Waals surface area contributed by atoms with Crippen molar-refractivity contribution in [3.05, 3.63) is 35.5 Å². The maximum Gasteiger partial charge on any atom is 0.307 e. The molecule has 0 aromatic heterocycles. The molecule has 0 aromatic carbocycles. The number of carbonyl (C=O) groups excluding carboxylic acids is 3. The van der Waals surface area contributed by atoms with E-state index in [1.54, 1.807) is 6.08 Å². The first-order chi connectivity index (χ1) is 16.3. The van der Waals surface area contributed by atoms with Gasteiger partial charge in [0.15, 0.2) is 5.78 Å². The summed E-state index contributed by atoms with van der Waals surface area (Å²) in [5.74, 6) is -0.724. The van der Waals surface area contributed by atoms with Crippen molar-refractivity contribution in [1.82, 2.24) is 0 Å². The Hall–Kier alpha value is -2.17. The number of esters is 2. The summed E-state index contributed by atoms with van der Waals surface area (Å²) in [5, 5.41) is 0. The average Bonchev–Trinajstić information content (AvgIpc) is 3.07. The van der Waals surface area contributed by atoms with Gasteiger partial charge in [0.2, 0.25) is 0 Å². The van der Waals surface area contributed by atoms with E-state index in [0.717, 1.165) is 37.7 Å². The smallest absolute Gasteiger partial charge is 0.307 e. The molecule has 0 amide bonds. The lowest BCUT2D eigenvalue weighted by Gasteiger charge is -2.34. The third-order valence-electron chi connectivity index (χ3n) is 6.83. The molecule has 0 aromatic rings. The van der Waals surface area contributed by atoms with E-state index >= 15 is 0 Å². The van der Waals surface area contributed by atoms with Crippen molar-refractivity contribution < 1.29 is 23.9 Å². The van der Waals surface area contributed by atoms with Crippen molar-refractivity contribution in [3.8, 4) is 0 Å². The lowest BCUT2D eigenvalue weighted by molar-refractivity contribution is -0.151. The molecular formula is C29H44O5. The van der Waals surface area contributed by atoms with Crippen molar-refractivity contribution >= 4 is 17.7 Å². The number of hydrogen-bond acceptors (Lipinski definition) is 5. The van der Waals surface area contributed by atoms with Gasteiger partial charge in [0.25, 0.3) is 0 Å². The van der Waals surface area contributed by atoms with Crippen LogP contribution >= 0.6 is 0 Å². The molecule has 0 N–H and O–H groups in total. The van der Waals surface area contributed by atoms with Crippen LogP contribution in [0, 0.1) is 5.41 Å². The van der Waals surface area contributed by atoms with Crippen LogP contribution in [0.25, 0.3) is 0 Å². The van der Waals surface area contributed by atoms with Gasteiger partial charge in [0.1, 0.15) is 12.2 Å². The second-order valence-corrected chi connectivity index (χ2v) is 10.3. The maximum atomic E-state index is 12.9. The van der Waals surface area contributed by atoms with E-state index in [2.05, 4.69) is 26.8 Å². The van der Waals surface area contributed by atoms with Crippen LogP contribution in [0.2, 0.25) is 0 Å². The number of hydrogen-bond donors (Lipinski definition) is 0. The summed E-state index contributed by atoms with van der Waals surface area (Å²) >= 11 is 0. The number of ketones is 1. The molecule has 1 aliphatic heterocycles. The first-order valence-electron chi connectivity index (χ1n) is 13.2. The summed E-state index contributed by atoms with van der Waals surface area (Å²) in [6, 6.07) is 0. The average molecular weight is 473 g/mol. The minimum Gasteiger partial charge on any atom is -0.458 e. The van der Waals surface area contributed by atoms with Crippen LogP contribution in [-0.4, -0.2) is 29.9 Å². The molecule has 1 saturated heterocycles. The van der Waals surface area contributed by atoms with Gasteiger partial charge in [0, 0.05) is 12.8 Å². The van der Waals surface area contributed by atoms with Crippen molar-refractivity contribution in [2.45, 2.75) is 123 Å². The number of allylic oxidation sites excluding steroid dienone is 4. The zero-order chi connectivity index (χ0) is 25.0. The van der Waals surface area contributed by atoms with Gasteiger partial charge < -0.3 is 9.47 Å². The molecule has 0 radical (unpaired) electrons. The highest BCUT2D eigenvalue weighted by Gasteiger charge is 2.55. The normalized spacial score (nSPS) is 24.4. The Bertz CT molecular complexity index is 786. The molecule has 1 heterocycles. The van der Waals surface area contributed by atoms with Gasteiger partial charge in [0.05, 0.1) is 11.8 Å². The predicted molar refractivity (Wildman–Crippen MR) is 135 cm³/mol. The SMILES string of the molecule is CCCCCCCCCCC(=O)O[C@@H]1C=CC(=O)C2(CC(=O)O[C@@H]2/C=C(\C)CCC=C(C)C)C1. The van der Waals surface area contributed by atoms with Gasteiger partial charge in [-0.3, -0.25) is 14.4 Å². The molecule has 34 heavy (non-hydrogen) atoms. The van der Waals surface area contributed by atoms with Gasteiger partial charge in [-0.15, -0.1) is 0 Å². The van der Waals surface area contributed by atoms with E-state index in [9.17, 15) is 14.4 Å². The summed E-state index contributed by atoms with van der Waals surface area (Å²) in [4.78, 5) is 37.6. The molecule has 1 unspecified atom stereocenters. The molecule has 190 valence electrons. The fourth-order valence-electron chi connectivity index (χ4n) is 4.79. The van der Waals surface area contributed by atoms with E-state index in [1.165, 1.54) is 43.8 Å². The highest BCUT2D eigenvalue weighted by atomic mass is 16.6. The van der Waals surface area contributed by atoms with Crippen LogP contribution in [0.1, 0.15) is 111 Å². The second-order valence-electron chi connectivity index (χ2n) is 10.3. The lowest BCUT2D eigenvalue weighted by atomic mass is 9.69. The topological polar surface area (TPSA) is 69.7 Å². The Morgan fingerprint density at radius 1 is 1.06 bits per heavy atom. The van der Waals surface area contributed by atoms with Crippen LogP contribution in [0.4, 0.5) is 0 Å².